The van der Waals surface area contributed by atoms with Crippen molar-refractivity contribution in [3.8, 4) is 0 Å². The van der Waals surface area contributed by atoms with Crippen LogP contribution in [0.25, 0.3) is 11.0 Å². The van der Waals surface area contributed by atoms with Gasteiger partial charge in [0.25, 0.3) is 0 Å². The van der Waals surface area contributed by atoms with Crippen LogP contribution in [-0.4, -0.2) is 40.1 Å². The molecule has 1 aliphatic heterocycles. The summed E-state index contributed by atoms with van der Waals surface area (Å²) in [6.07, 6.45) is 0. The molecule has 4 nitrogen and oxygen atoms in total. The normalized spacial score (nSPS) is 18.8. The van der Waals surface area contributed by atoms with E-state index in [0.29, 0.717) is 11.6 Å². The molecule has 2 aromatic rings. The summed E-state index contributed by atoms with van der Waals surface area (Å²) in [6, 6.07) is 5.66. The monoisotopic (exact) mass is 348 g/mol. The van der Waals surface area contributed by atoms with Crippen LogP contribution in [0.3, 0.4) is 0 Å². The van der Waals surface area contributed by atoms with Gasteiger partial charge in [-0.25, -0.2) is 9.37 Å². The minimum Gasteiger partial charge on any atom is -0.327 e. The standard InChI is InChI=1S/C15H21FN4.2ClH/c1-3-20-13-6-4-5-12(16)15(13)18-14(20)10-19-8-7-17-9-11(19)2;;/h4-6,11,17H,3,7-10H2,1-2H3;2*1H/t11-;;/m0../s1. The zero-order chi connectivity index (χ0) is 14.1. The number of aromatic nitrogens is 2. The van der Waals surface area contributed by atoms with Crippen molar-refractivity contribution in [1.82, 2.24) is 19.8 Å². The minimum atomic E-state index is -0.232. The maximum Gasteiger partial charge on any atom is 0.151 e. The van der Waals surface area contributed by atoms with Gasteiger partial charge in [-0.2, -0.15) is 0 Å². The molecule has 0 unspecified atom stereocenters. The molecular weight excluding hydrogens is 326 g/mol. The summed E-state index contributed by atoms with van der Waals surface area (Å²) in [5, 5.41) is 3.39. The molecule has 124 valence electrons. The van der Waals surface area contributed by atoms with Crippen LogP contribution in [0, 0.1) is 5.82 Å². The Morgan fingerprint density at radius 3 is 2.82 bits per heavy atom. The lowest BCUT2D eigenvalue weighted by Gasteiger charge is -2.33. The maximum atomic E-state index is 13.9. The van der Waals surface area contributed by atoms with E-state index in [0.717, 1.165) is 44.1 Å². The second kappa shape index (κ2) is 8.11. The quantitative estimate of drug-likeness (QED) is 0.925. The molecule has 2 heterocycles. The zero-order valence-electron chi connectivity index (χ0n) is 12.9. The molecule has 1 aromatic carbocycles. The highest BCUT2D eigenvalue weighted by Crippen LogP contribution is 2.21. The van der Waals surface area contributed by atoms with E-state index in [-0.39, 0.29) is 30.6 Å². The van der Waals surface area contributed by atoms with Crippen LogP contribution in [-0.2, 0) is 13.1 Å². The fourth-order valence-electron chi connectivity index (χ4n) is 2.93. The number of nitrogens with one attached hydrogen (secondary N) is 1. The molecule has 0 saturated carbocycles. The second-order valence-corrected chi connectivity index (χ2v) is 5.40. The number of benzene rings is 1. The predicted molar refractivity (Wildman–Crippen MR) is 92.6 cm³/mol. The second-order valence-electron chi connectivity index (χ2n) is 5.40. The molecular formula is C15H23Cl2FN4. The fraction of sp³-hybridized carbons (Fsp3) is 0.533. The Kier molecular flexibility index (Phi) is 7.06. The molecule has 0 bridgehead atoms. The topological polar surface area (TPSA) is 33.1 Å². The van der Waals surface area contributed by atoms with Crippen LogP contribution in [0.2, 0.25) is 0 Å². The van der Waals surface area contributed by atoms with Crippen molar-refractivity contribution < 1.29 is 4.39 Å². The van der Waals surface area contributed by atoms with Gasteiger partial charge < -0.3 is 9.88 Å². The van der Waals surface area contributed by atoms with E-state index in [2.05, 4.69) is 33.6 Å². The largest absolute Gasteiger partial charge is 0.327 e. The van der Waals surface area contributed by atoms with Crippen LogP contribution < -0.4 is 5.32 Å². The molecule has 0 amide bonds. The van der Waals surface area contributed by atoms with E-state index in [1.165, 1.54) is 6.07 Å². The summed E-state index contributed by atoms with van der Waals surface area (Å²) in [7, 11) is 0. The smallest absolute Gasteiger partial charge is 0.151 e. The highest BCUT2D eigenvalue weighted by atomic mass is 35.5. The average molecular weight is 349 g/mol. The summed E-state index contributed by atoms with van der Waals surface area (Å²) >= 11 is 0. The van der Waals surface area contributed by atoms with Crippen LogP contribution in [0.4, 0.5) is 4.39 Å². The van der Waals surface area contributed by atoms with Gasteiger partial charge >= 0.3 is 0 Å². The van der Waals surface area contributed by atoms with Crippen molar-refractivity contribution in [3.63, 3.8) is 0 Å². The molecule has 0 radical (unpaired) electrons. The first-order valence-electron chi connectivity index (χ1n) is 7.29. The van der Waals surface area contributed by atoms with Gasteiger partial charge in [-0.05, 0) is 26.0 Å². The van der Waals surface area contributed by atoms with E-state index in [9.17, 15) is 4.39 Å². The lowest BCUT2D eigenvalue weighted by molar-refractivity contribution is 0.160. The predicted octanol–water partition coefficient (Wildman–Crippen LogP) is 2.83. The van der Waals surface area contributed by atoms with Gasteiger partial charge in [0, 0.05) is 32.2 Å². The Balaban J connectivity index is 0.00000121. The number of hydrogen-bond acceptors (Lipinski definition) is 3. The third-order valence-electron chi connectivity index (χ3n) is 4.11. The van der Waals surface area contributed by atoms with Gasteiger partial charge in [-0.1, -0.05) is 6.07 Å². The van der Waals surface area contributed by atoms with E-state index in [1.807, 2.05) is 6.07 Å². The Hall–Kier alpha value is -0.880. The number of imidazole rings is 1. The number of fused-ring (bicyclic) bond motifs is 1. The van der Waals surface area contributed by atoms with E-state index >= 15 is 0 Å². The fourth-order valence-corrected chi connectivity index (χ4v) is 2.93. The molecule has 22 heavy (non-hydrogen) atoms. The minimum absolute atomic E-state index is 0. The van der Waals surface area contributed by atoms with Gasteiger partial charge in [0.1, 0.15) is 11.3 Å². The van der Waals surface area contributed by atoms with Crippen molar-refractivity contribution in [2.75, 3.05) is 19.6 Å². The number of para-hydroxylation sites is 1. The summed E-state index contributed by atoms with van der Waals surface area (Å²) in [5.41, 5.74) is 1.39. The van der Waals surface area contributed by atoms with Gasteiger partial charge in [0.15, 0.2) is 5.82 Å². The summed E-state index contributed by atoms with van der Waals surface area (Å²) in [6.45, 7) is 8.91. The van der Waals surface area contributed by atoms with Crippen LogP contribution in [0.15, 0.2) is 18.2 Å². The van der Waals surface area contributed by atoms with Gasteiger partial charge in [0.2, 0.25) is 0 Å². The van der Waals surface area contributed by atoms with Gasteiger partial charge in [0.05, 0.1) is 12.1 Å². The molecule has 3 rings (SSSR count). The number of halogens is 3. The lowest BCUT2D eigenvalue weighted by atomic mass is 10.2. The average Bonchev–Trinajstić information content (AvgIpc) is 2.80. The van der Waals surface area contributed by atoms with Crippen LogP contribution >= 0.6 is 24.8 Å². The van der Waals surface area contributed by atoms with Crippen molar-refractivity contribution in [3.05, 3.63) is 29.8 Å². The van der Waals surface area contributed by atoms with Gasteiger partial charge in [-0.15, -0.1) is 24.8 Å². The SMILES string of the molecule is CCn1c(CN2CCNC[C@@H]2C)nc2c(F)cccc21.Cl.Cl. The highest BCUT2D eigenvalue weighted by Gasteiger charge is 2.21. The molecule has 1 N–H and O–H groups in total. The first-order chi connectivity index (χ1) is 9.70. The molecule has 0 aliphatic carbocycles. The number of rotatable bonds is 3. The Bertz CT molecular complexity index is 617. The van der Waals surface area contributed by atoms with E-state index in [1.54, 1.807) is 6.07 Å². The van der Waals surface area contributed by atoms with E-state index in [4.69, 9.17) is 0 Å². The molecule has 7 heteroatoms. The lowest BCUT2D eigenvalue weighted by Crippen LogP contribution is -2.49. The Morgan fingerprint density at radius 2 is 2.14 bits per heavy atom. The summed E-state index contributed by atoms with van der Waals surface area (Å²) in [5.74, 6) is 0.727. The number of piperazine rings is 1. The number of nitrogens with zero attached hydrogens (tertiary/aromatic N) is 3. The van der Waals surface area contributed by atoms with Crippen molar-refractivity contribution >= 4 is 35.8 Å². The first-order valence-corrected chi connectivity index (χ1v) is 7.29. The van der Waals surface area contributed by atoms with E-state index < -0.39 is 0 Å². The zero-order valence-corrected chi connectivity index (χ0v) is 14.5. The third kappa shape index (κ3) is 3.54. The van der Waals surface area contributed by atoms with Crippen molar-refractivity contribution in [1.29, 1.82) is 0 Å². The molecule has 0 spiro atoms. The molecule has 1 saturated heterocycles. The number of aryl methyl sites for hydroxylation is 1. The number of hydrogen-bond donors (Lipinski definition) is 1. The van der Waals surface area contributed by atoms with Crippen molar-refractivity contribution in [2.45, 2.75) is 33.0 Å². The molecule has 1 atom stereocenters. The first kappa shape index (κ1) is 19.2. The van der Waals surface area contributed by atoms with Gasteiger partial charge in [-0.3, -0.25) is 4.90 Å². The maximum absolute atomic E-state index is 13.9. The summed E-state index contributed by atoms with van der Waals surface area (Å²) in [4.78, 5) is 6.94. The summed E-state index contributed by atoms with van der Waals surface area (Å²) < 4.78 is 16.0. The molecule has 1 aromatic heterocycles. The molecule has 1 fully saturated rings. The Morgan fingerprint density at radius 1 is 1.36 bits per heavy atom. The highest BCUT2D eigenvalue weighted by molar-refractivity contribution is 5.85. The van der Waals surface area contributed by atoms with Crippen LogP contribution in [0.1, 0.15) is 19.7 Å². The van der Waals surface area contributed by atoms with Crippen molar-refractivity contribution in [2.24, 2.45) is 0 Å². The van der Waals surface area contributed by atoms with Crippen LogP contribution in [0.5, 0.6) is 0 Å². The third-order valence-corrected chi connectivity index (χ3v) is 4.11. The molecule has 1 aliphatic rings. The Labute approximate surface area is 142 Å².